The number of rotatable bonds is 5. The van der Waals surface area contributed by atoms with Gasteiger partial charge in [0.15, 0.2) is 0 Å². The van der Waals surface area contributed by atoms with Gasteiger partial charge in [-0.1, -0.05) is 18.2 Å². The van der Waals surface area contributed by atoms with E-state index in [1.165, 1.54) is 30.6 Å². The normalized spacial score (nSPS) is 18.9. The molecular weight excluding hydrogens is 420 g/mol. The maximum atomic E-state index is 13.5. The topological polar surface area (TPSA) is 79.5 Å². The molecule has 7 heteroatoms. The summed E-state index contributed by atoms with van der Waals surface area (Å²) in [6.07, 6.45) is 7.90. The molecule has 1 aromatic carbocycles. The first-order valence-electron chi connectivity index (χ1n) is 11.4. The number of likely N-dealkylation sites (tertiary alicyclic amines) is 1. The Bertz CT molecular complexity index is 1150. The molecule has 0 unspecified atom stereocenters. The second kappa shape index (κ2) is 8.90. The van der Waals surface area contributed by atoms with Crippen molar-refractivity contribution in [2.24, 2.45) is 5.73 Å². The van der Waals surface area contributed by atoms with Crippen molar-refractivity contribution in [3.63, 3.8) is 0 Å². The van der Waals surface area contributed by atoms with Crippen LogP contribution >= 0.6 is 11.3 Å². The molecule has 1 atom stereocenters. The summed E-state index contributed by atoms with van der Waals surface area (Å²) >= 11 is 1.45. The highest BCUT2D eigenvalue weighted by Crippen LogP contribution is 2.34. The van der Waals surface area contributed by atoms with Crippen LogP contribution in [0.1, 0.15) is 57.7 Å². The van der Waals surface area contributed by atoms with Gasteiger partial charge in [0.1, 0.15) is 5.82 Å². The first kappa shape index (κ1) is 20.9. The summed E-state index contributed by atoms with van der Waals surface area (Å²) in [5.41, 5.74) is 7.38. The lowest BCUT2D eigenvalue weighted by atomic mass is 10.00. The first-order valence-corrected chi connectivity index (χ1v) is 12.3. The van der Waals surface area contributed by atoms with Gasteiger partial charge in [-0.25, -0.2) is 4.98 Å². The number of amides is 2. The number of carbonyl (C=O) groups is 2. The number of thiophene rings is 1. The quantitative estimate of drug-likeness (QED) is 0.633. The van der Waals surface area contributed by atoms with Crippen LogP contribution in [0, 0.1) is 0 Å². The van der Waals surface area contributed by atoms with Gasteiger partial charge in [0.25, 0.3) is 11.8 Å². The zero-order valence-corrected chi connectivity index (χ0v) is 18.9. The summed E-state index contributed by atoms with van der Waals surface area (Å²) in [4.78, 5) is 35.0. The van der Waals surface area contributed by atoms with Gasteiger partial charge in [-0.2, -0.15) is 0 Å². The molecule has 4 heterocycles. The molecule has 0 spiro atoms. The van der Waals surface area contributed by atoms with Gasteiger partial charge in [-0.3, -0.25) is 9.59 Å². The van der Waals surface area contributed by atoms with Crippen molar-refractivity contribution in [1.29, 1.82) is 0 Å². The number of nitrogens with two attached hydrogens (primary N) is 1. The van der Waals surface area contributed by atoms with Crippen LogP contribution in [-0.2, 0) is 6.42 Å². The van der Waals surface area contributed by atoms with E-state index in [1.807, 2.05) is 41.3 Å². The Morgan fingerprint density at radius 3 is 2.69 bits per heavy atom. The molecular formula is C25H28N4O2S. The van der Waals surface area contributed by atoms with Crippen molar-refractivity contribution >= 4 is 39.1 Å². The first-order chi connectivity index (χ1) is 15.6. The molecule has 2 N–H and O–H groups in total. The van der Waals surface area contributed by atoms with Gasteiger partial charge in [0.2, 0.25) is 0 Å². The number of piperidine rings is 1. The molecule has 32 heavy (non-hydrogen) atoms. The lowest BCUT2D eigenvalue weighted by Crippen LogP contribution is -2.37. The van der Waals surface area contributed by atoms with Crippen LogP contribution in [0.2, 0.25) is 0 Å². The summed E-state index contributed by atoms with van der Waals surface area (Å²) < 4.78 is 1.06. The standard InChI is InChI=1S/C25H28N4O2S/c26-24(30)23-20(19-8-2-3-9-21(19)32-23)16-18-7-6-14-29(18)25(31)17-10-11-27-22(15-17)28-12-4-1-5-13-28/h2-3,8-11,15,18H,1,4-7,12-14,16H2,(H2,26,30)/t18-/m0/s1. The fourth-order valence-electron chi connectivity index (χ4n) is 5.06. The van der Waals surface area contributed by atoms with Crippen molar-refractivity contribution in [2.75, 3.05) is 24.5 Å². The molecule has 6 nitrogen and oxygen atoms in total. The van der Waals surface area contributed by atoms with Gasteiger partial charge in [-0.05, 0) is 67.7 Å². The number of aromatic nitrogens is 1. The number of fused-ring (bicyclic) bond motifs is 1. The third-order valence-corrected chi connectivity index (χ3v) is 7.90. The Morgan fingerprint density at radius 2 is 1.88 bits per heavy atom. The summed E-state index contributed by atoms with van der Waals surface area (Å²) in [6, 6.07) is 11.8. The van der Waals surface area contributed by atoms with Crippen LogP contribution < -0.4 is 10.6 Å². The highest BCUT2D eigenvalue weighted by atomic mass is 32.1. The SMILES string of the molecule is NC(=O)c1sc2ccccc2c1C[C@@H]1CCCN1C(=O)c1ccnc(N2CCCCC2)c1. The number of hydrogen-bond donors (Lipinski definition) is 1. The Balaban J connectivity index is 1.40. The molecule has 2 saturated heterocycles. The van der Waals surface area contributed by atoms with E-state index < -0.39 is 5.91 Å². The number of carbonyl (C=O) groups excluding carboxylic acids is 2. The smallest absolute Gasteiger partial charge is 0.259 e. The molecule has 166 valence electrons. The summed E-state index contributed by atoms with van der Waals surface area (Å²) in [5, 5.41) is 1.07. The molecule has 5 rings (SSSR count). The highest BCUT2D eigenvalue weighted by molar-refractivity contribution is 7.21. The average Bonchev–Trinajstić information content (AvgIpc) is 3.45. The number of nitrogens with zero attached hydrogens (tertiary/aromatic N) is 3. The van der Waals surface area contributed by atoms with Crippen molar-refractivity contribution < 1.29 is 9.59 Å². The van der Waals surface area contributed by atoms with E-state index in [0.717, 1.165) is 53.9 Å². The Morgan fingerprint density at radius 1 is 1.06 bits per heavy atom. The second-order valence-electron chi connectivity index (χ2n) is 8.72. The summed E-state index contributed by atoms with van der Waals surface area (Å²) in [7, 11) is 0. The molecule has 3 aromatic rings. The zero-order valence-electron chi connectivity index (χ0n) is 18.1. The van der Waals surface area contributed by atoms with Gasteiger partial charge < -0.3 is 15.5 Å². The van der Waals surface area contributed by atoms with Crippen LogP contribution in [0.3, 0.4) is 0 Å². The second-order valence-corrected chi connectivity index (χ2v) is 9.77. The average molecular weight is 449 g/mol. The lowest BCUT2D eigenvalue weighted by Gasteiger charge is -2.29. The van der Waals surface area contributed by atoms with E-state index >= 15 is 0 Å². The van der Waals surface area contributed by atoms with Gasteiger partial charge in [-0.15, -0.1) is 11.3 Å². The third kappa shape index (κ3) is 3.97. The molecule has 0 bridgehead atoms. The number of hydrogen-bond acceptors (Lipinski definition) is 5. The fraction of sp³-hybridized carbons (Fsp3) is 0.400. The molecule has 2 aliphatic rings. The number of anilines is 1. The summed E-state index contributed by atoms with van der Waals surface area (Å²) in [5.74, 6) is 0.553. The Kier molecular flexibility index (Phi) is 5.83. The Hall–Kier alpha value is -2.93. The van der Waals surface area contributed by atoms with Crippen LogP contribution in [0.5, 0.6) is 0 Å². The van der Waals surface area contributed by atoms with E-state index in [1.54, 1.807) is 6.20 Å². The van der Waals surface area contributed by atoms with Crippen LogP contribution in [-0.4, -0.2) is 47.4 Å². The molecule has 0 radical (unpaired) electrons. The van der Waals surface area contributed by atoms with E-state index in [0.29, 0.717) is 16.9 Å². The van der Waals surface area contributed by atoms with E-state index in [2.05, 4.69) is 9.88 Å². The minimum absolute atomic E-state index is 0.0494. The van der Waals surface area contributed by atoms with E-state index in [-0.39, 0.29) is 11.9 Å². The molecule has 0 saturated carbocycles. The predicted octanol–water partition coefficient (Wildman–Crippen LogP) is 4.23. The lowest BCUT2D eigenvalue weighted by molar-refractivity contribution is 0.0736. The number of benzene rings is 1. The minimum atomic E-state index is -0.391. The number of primary amides is 1. The van der Waals surface area contributed by atoms with Crippen LogP contribution in [0.25, 0.3) is 10.1 Å². The molecule has 0 aliphatic carbocycles. The largest absolute Gasteiger partial charge is 0.365 e. The van der Waals surface area contributed by atoms with Crippen molar-refractivity contribution in [3.8, 4) is 0 Å². The number of pyridine rings is 1. The van der Waals surface area contributed by atoms with Gasteiger partial charge >= 0.3 is 0 Å². The maximum Gasteiger partial charge on any atom is 0.259 e. The minimum Gasteiger partial charge on any atom is -0.365 e. The molecule has 2 aromatic heterocycles. The monoisotopic (exact) mass is 448 g/mol. The van der Waals surface area contributed by atoms with Crippen molar-refractivity contribution in [2.45, 2.75) is 44.6 Å². The molecule has 2 fully saturated rings. The van der Waals surface area contributed by atoms with Crippen molar-refractivity contribution in [3.05, 3.63) is 58.6 Å². The maximum absolute atomic E-state index is 13.5. The summed E-state index contributed by atoms with van der Waals surface area (Å²) in [6.45, 7) is 2.73. The fourth-order valence-corrected chi connectivity index (χ4v) is 6.15. The van der Waals surface area contributed by atoms with Crippen molar-refractivity contribution in [1.82, 2.24) is 9.88 Å². The zero-order chi connectivity index (χ0) is 22.1. The third-order valence-electron chi connectivity index (χ3n) is 6.67. The van der Waals surface area contributed by atoms with E-state index in [4.69, 9.17) is 5.73 Å². The molecule has 2 amide bonds. The van der Waals surface area contributed by atoms with Gasteiger partial charge in [0, 0.05) is 42.1 Å². The van der Waals surface area contributed by atoms with Crippen LogP contribution in [0.4, 0.5) is 5.82 Å². The molecule has 2 aliphatic heterocycles. The predicted molar refractivity (Wildman–Crippen MR) is 128 cm³/mol. The van der Waals surface area contributed by atoms with E-state index in [9.17, 15) is 9.59 Å². The Labute approximate surface area is 192 Å². The van der Waals surface area contributed by atoms with Crippen LogP contribution in [0.15, 0.2) is 42.6 Å². The highest BCUT2D eigenvalue weighted by Gasteiger charge is 2.32. The van der Waals surface area contributed by atoms with Gasteiger partial charge in [0.05, 0.1) is 4.88 Å².